The Bertz CT molecular complexity index is 451. The van der Waals surface area contributed by atoms with Gasteiger partial charge >= 0.3 is 0 Å². The molecule has 2 N–H and O–H groups in total. The molecule has 2 nitrogen and oxygen atoms in total. The summed E-state index contributed by atoms with van der Waals surface area (Å²) >= 11 is 0. The lowest BCUT2D eigenvalue weighted by Gasteiger charge is -2.57. The molecule has 0 bridgehead atoms. The second kappa shape index (κ2) is 6.88. The zero-order valence-corrected chi connectivity index (χ0v) is 14.9. The van der Waals surface area contributed by atoms with E-state index in [0.29, 0.717) is 23.9 Å². The number of aliphatic hydroxyl groups excluding tert-OH is 2. The lowest BCUT2D eigenvalue weighted by atomic mass is 9.48. The molecule has 2 heteroatoms. The van der Waals surface area contributed by atoms with Crippen LogP contribution in [-0.4, -0.2) is 23.4 Å². The highest BCUT2D eigenvalue weighted by molar-refractivity contribution is 5.19. The predicted molar refractivity (Wildman–Crippen MR) is 92.6 cm³/mol. The highest BCUT2D eigenvalue weighted by atomic mass is 16.3. The molecule has 0 amide bonds. The third-order valence-corrected chi connectivity index (χ3v) is 6.75. The Morgan fingerprint density at radius 3 is 2.68 bits per heavy atom. The summed E-state index contributed by atoms with van der Waals surface area (Å²) in [7, 11) is 0. The Balaban J connectivity index is 2.23. The molecule has 1 fully saturated rings. The average molecular weight is 306 g/mol. The molecule has 0 aromatic rings. The van der Waals surface area contributed by atoms with Gasteiger partial charge in [0.05, 0.1) is 6.61 Å². The Labute approximate surface area is 136 Å². The summed E-state index contributed by atoms with van der Waals surface area (Å²) in [5, 5.41) is 19.0. The summed E-state index contributed by atoms with van der Waals surface area (Å²) in [6.07, 6.45) is 11.4. The van der Waals surface area contributed by atoms with Crippen LogP contribution >= 0.6 is 0 Å². The Morgan fingerprint density at radius 1 is 1.32 bits per heavy atom. The normalized spacial score (nSPS) is 39.4. The maximum Gasteiger partial charge on any atom is 0.0614 e. The number of allylic oxidation sites excluding steroid dienone is 3. The minimum absolute atomic E-state index is 0.0818. The van der Waals surface area contributed by atoms with E-state index in [-0.39, 0.29) is 12.0 Å². The third kappa shape index (κ3) is 3.19. The molecule has 0 aliphatic heterocycles. The SMILES string of the molecule is CC1=CC[C@@H]2[C@](C)(CO)CCC[C@]2(C)[C@@H]1CC/C(C)=C/CO. The summed E-state index contributed by atoms with van der Waals surface area (Å²) in [4.78, 5) is 0. The van der Waals surface area contributed by atoms with Crippen LogP contribution in [0.1, 0.15) is 66.2 Å². The van der Waals surface area contributed by atoms with Gasteiger partial charge in [-0.3, -0.25) is 0 Å². The molecule has 0 heterocycles. The third-order valence-electron chi connectivity index (χ3n) is 6.75. The van der Waals surface area contributed by atoms with Gasteiger partial charge in [0, 0.05) is 6.61 Å². The van der Waals surface area contributed by atoms with Crippen LogP contribution in [0.5, 0.6) is 0 Å². The minimum atomic E-state index is 0.0818. The van der Waals surface area contributed by atoms with Crippen molar-refractivity contribution < 1.29 is 10.2 Å². The van der Waals surface area contributed by atoms with E-state index in [0.717, 1.165) is 19.3 Å². The van der Waals surface area contributed by atoms with Gasteiger partial charge in [-0.25, -0.2) is 0 Å². The van der Waals surface area contributed by atoms with Crippen molar-refractivity contribution >= 4 is 0 Å². The van der Waals surface area contributed by atoms with E-state index < -0.39 is 0 Å². The van der Waals surface area contributed by atoms with Crippen molar-refractivity contribution in [3.63, 3.8) is 0 Å². The van der Waals surface area contributed by atoms with Crippen LogP contribution in [0.2, 0.25) is 0 Å². The largest absolute Gasteiger partial charge is 0.396 e. The second-order valence-electron chi connectivity index (χ2n) is 8.23. The first kappa shape index (κ1) is 17.7. The maximum absolute atomic E-state index is 9.99. The smallest absolute Gasteiger partial charge is 0.0614 e. The molecule has 1 saturated carbocycles. The van der Waals surface area contributed by atoms with E-state index in [1.54, 1.807) is 0 Å². The summed E-state index contributed by atoms with van der Waals surface area (Å²) in [6.45, 7) is 9.64. The van der Waals surface area contributed by atoms with Gasteiger partial charge in [-0.05, 0) is 68.6 Å². The number of hydrogen-bond acceptors (Lipinski definition) is 2. The van der Waals surface area contributed by atoms with Gasteiger partial charge in [0.25, 0.3) is 0 Å². The van der Waals surface area contributed by atoms with Crippen molar-refractivity contribution in [2.24, 2.45) is 22.7 Å². The van der Waals surface area contributed by atoms with Crippen LogP contribution in [0.15, 0.2) is 23.3 Å². The molecule has 22 heavy (non-hydrogen) atoms. The van der Waals surface area contributed by atoms with Crippen molar-refractivity contribution in [2.45, 2.75) is 66.2 Å². The van der Waals surface area contributed by atoms with Crippen LogP contribution in [0.4, 0.5) is 0 Å². The van der Waals surface area contributed by atoms with Crippen LogP contribution in [0.25, 0.3) is 0 Å². The van der Waals surface area contributed by atoms with Gasteiger partial charge in [-0.1, -0.05) is 43.6 Å². The molecular weight excluding hydrogens is 272 g/mol. The first-order chi connectivity index (χ1) is 10.4. The summed E-state index contributed by atoms with van der Waals surface area (Å²) < 4.78 is 0. The zero-order valence-electron chi connectivity index (χ0n) is 14.9. The lowest BCUT2D eigenvalue weighted by Crippen LogP contribution is -2.50. The van der Waals surface area contributed by atoms with Gasteiger partial charge in [-0.15, -0.1) is 0 Å². The quantitative estimate of drug-likeness (QED) is 0.735. The molecule has 0 aromatic carbocycles. The second-order valence-corrected chi connectivity index (χ2v) is 8.23. The summed E-state index contributed by atoms with van der Waals surface area (Å²) in [6, 6.07) is 0. The molecule has 0 unspecified atom stereocenters. The zero-order chi connectivity index (χ0) is 16.4. The monoisotopic (exact) mass is 306 g/mol. The van der Waals surface area contributed by atoms with Gasteiger partial charge in [0.1, 0.15) is 0 Å². The predicted octanol–water partition coefficient (Wildman–Crippen LogP) is 4.48. The molecule has 4 atom stereocenters. The van der Waals surface area contributed by atoms with E-state index in [4.69, 9.17) is 5.11 Å². The molecule has 0 aromatic heterocycles. The van der Waals surface area contributed by atoms with Gasteiger partial charge < -0.3 is 10.2 Å². The van der Waals surface area contributed by atoms with Crippen molar-refractivity contribution in [3.05, 3.63) is 23.3 Å². The molecule has 0 saturated heterocycles. The maximum atomic E-state index is 9.99. The number of aliphatic hydroxyl groups is 2. The molecule has 0 radical (unpaired) electrons. The van der Waals surface area contributed by atoms with Crippen molar-refractivity contribution in [1.82, 2.24) is 0 Å². The topological polar surface area (TPSA) is 40.5 Å². The highest BCUT2D eigenvalue weighted by Crippen LogP contribution is 2.60. The lowest BCUT2D eigenvalue weighted by molar-refractivity contribution is -0.0738. The van der Waals surface area contributed by atoms with Crippen molar-refractivity contribution in [2.75, 3.05) is 13.2 Å². The first-order valence-corrected chi connectivity index (χ1v) is 8.91. The summed E-state index contributed by atoms with van der Waals surface area (Å²) in [5.74, 6) is 1.20. The van der Waals surface area contributed by atoms with Crippen LogP contribution in [-0.2, 0) is 0 Å². The molecule has 2 rings (SSSR count). The van der Waals surface area contributed by atoms with Crippen molar-refractivity contribution in [3.8, 4) is 0 Å². The van der Waals surface area contributed by atoms with E-state index in [9.17, 15) is 5.11 Å². The Morgan fingerprint density at radius 2 is 2.05 bits per heavy atom. The standard InChI is InChI=1S/C20H34O2/c1-15(10-13-21)6-8-17-16(2)7-9-18-19(3,14-22)11-5-12-20(17,18)4/h7,10,17-18,21-22H,5-6,8-9,11-14H2,1-4H3/b15-10+/t17-,18-,19+,20-/m1/s1. The van der Waals surface area contributed by atoms with E-state index in [2.05, 4.69) is 33.8 Å². The molecule has 2 aliphatic rings. The fraction of sp³-hybridized carbons (Fsp3) is 0.800. The van der Waals surface area contributed by atoms with E-state index >= 15 is 0 Å². The number of fused-ring (bicyclic) bond motifs is 1. The van der Waals surface area contributed by atoms with Gasteiger partial charge in [0.2, 0.25) is 0 Å². The Hall–Kier alpha value is -0.600. The fourth-order valence-electron chi connectivity index (χ4n) is 5.33. The van der Waals surface area contributed by atoms with Crippen LogP contribution in [0, 0.1) is 22.7 Å². The van der Waals surface area contributed by atoms with Gasteiger partial charge in [-0.2, -0.15) is 0 Å². The van der Waals surface area contributed by atoms with Gasteiger partial charge in [0.15, 0.2) is 0 Å². The molecule has 126 valence electrons. The average Bonchev–Trinajstić information content (AvgIpc) is 2.46. The van der Waals surface area contributed by atoms with Crippen LogP contribution < -0.4 is 0 Å². The molecule has 0 spiro atoms. The van der Waals surface area contributed by atoms with Crippen LogP contribution in [0.3, 0.4) is 0 Å². The highest BCUT2D eigenvalue weighted by Gasteiger charge is 2.52. The fourth-order valence-corrected chi connectivity index (χ4v) is 5.33. The number of rotatable bonds is 5. The summed E-state index contributed by atoms with van der Waals surface area (Å²) in [5.41, 5.74) is 3.23. The minimum Gasteiger partial charge on any atom is -0.396 e. The first-order valence-electron chi connectivity index (χ1n) is 8.91. The molecule has 2 aliphatic carbocycles. The van der Waals surface area contributed by atoms with E-state index in [1.807, 2.05) is 6.08 Å². The van der Waals surface area contributed by atoms with Crippen molar-refractivity contribution in [1.29, 1.82) is 0 Å². The number of hydrogen-bond donors (Lipinski definition) is 2. The Kier molecular flexibility index (Phi) is 5.55. The van der Waals surface area contributed by atoms with E-state index in [1.165, 1.54) is 30.4 Å². The molecular formula is C20H34O2.